The van der Waals surface area contributed by atoms with Crippen molar-refractivity contribution < 1.29 is 24.2 Å². The molecule has 0 aliphatic carbocycles. The van der Waals surface area contributed by atoms with Crippen molar-refractivity contribution in [3.05, 3.63) is 23.8 Å². The normalized spacial score (nSPS) is 11.9. The maximum absolute atomic E-state index is 11.8. The Morgan fingerprint density at radius 2 is 1.65 bits per heavy atom. The van der Waals surface area contributed by atoms with Gasteiger partial charge in [-0.3, -0.25) is 14.5 Å². The molecule has 0 aromatic heterocycles. The molecule has 1 unspecified atom stereocenters. The summed E-state index contributed by atoms with van der Waals surface area (Å²) >= 11 is 0. The molecule has 0 saturated carbocycles. The van der Waals surface area contributed by atoms with Crippen LogP contribution in [-0.4, -0.2) is 68.7 Å². The maximum Gasteiger partial charge on any atom is 0.325 e. The fraction of sp³-hybridized carbons (Fsp3) is 0.500. The minimum atomic E-state index is -1.03. The van der Waals surface area contributed by atoms with Crippen molar-refractivity contribution in [2.45, 2.75) is 12.5 Å². The van der Waals surface area contributed by atoms with Gasteiger partial charge in [-0.05, 0) is 19.2 Å². The first kappa shape index (κ1) is 18.8. The van der Waals surface area contributed by atoms with Gasteiger partial charge in [0, 0.05) is 27.1 Å². The van der Waals surface area contributed by atoms with Crippen LogP contribution in [0, 0.1) is 0 Å². The van der Waals surface area contributed by atoms with Crippen LogP contribution in [0.15, 0.2) is 18.2 Å². The molecule has 0 bridgehead atoms. The number of benzene rings is 1. The van der Waals surface area contributed by atoms with Gasteiger partial charge in [-0.2, -0.15) is 0 Å². The number of carbonyl (C=O) groups is 2. The lowest BCUT2D eigenvalue weighted by Gasteiger charge is -2.27. The predicted molar refractivity (Wildman–Crippen MR) is 85.9 cm³/mol. The SMILES string of the molecule is COc1cccc(OC)c1C(C(=O)O)N(C)CCC(=O)N(C)C. The standard InChI is InChI=1S/C16H24N2O5/c1-17(2)13(19)9-10-18(3)15(16(20)21)14-11(22-4)7-6-8-12(14)23-5/h6-8,15H,9-10H2,1-5H3,(H,20,21). The number of carboxylic acids is 1. The molecule has 1 aromatic carbocycles. The van der Waals surface area contributed by atoms with E-state index in [0.29, 0.717) is 23.6 Å². The van der Waals surface area contributed by atoms with Gasteiger partial charge < -0.3 is 19.5 Å². The molecular formula is C16H24N2O5. The Hall–Kier alpha value is -2.28. The number of hydrogen-bond acceptors (Lipinski definition) is 5. The number of methoxy groups -OCH3 is 2. The lowest BCUT2D eigenvalue weighted by atomic mass is 10.0. The molecule has 1 aromatic rings. The third-order valence-electron chi connectivity index (χ3n) is 3.59. The minimum Gasteiger partial charge on any atom is -0.496 e. The highest BCUT2D eigenvalue weighted by Gasteiger charge is 2.31. The number of ether oxygens (including phenoxy) is 2. The Morgan fingerprint density at radius 1 is 1.13 bits per heavy atom. The van der Waals surface area contributed by atoms with Crippen LogP contribution in [0.2, 0.25) is 0 Å². The number of aliphatic carboxylic acids is 1. The molecule has 1 amide bonds. The summed E-state index contributed by atoms with van der Waals surface area (Å²) in [6.07, 6.45) is 0.227. The second-order valence-electron chi connectivity index (χ2n) is 5.34. The van der Waals surface area contributed by atoms with Crippen LogP contribution in [-0.2, 0) is 9.59 Å². The molecule has 0 fully saturated rings. The maximum atomic E-state index is 11.8. The molecule has 1 rings (SSSR count). The van der Waals surface area contributed by atoms with Crippen LogP contribution in [0.4, 0.5) is 0 Å². The molecule has 7 nitrogen and oxygen atoms in total. The largest absolute Gasteiger partial charge is 0.496 e. The van der Waals surface area contributed by atoms with Crippen LogP contribution in [0.25, 0.3) is 0 Å². The van der Waals surface area contributed by atoms with Crippen molar-refractivity contribution in [2.75, 3.05) is 41.9 Å². The number of hydrogen-bond donors (Lipinski definition) is 1. The molecule has 0 heterocycles. The summed E-state index contributed by atoms with van der Waals surface area (Å²) in [6, 6.07) is 4.13. The zero-order chi connectivity index (χ0) is 17.6. The smallest absolute Gasteiger partial charge is 0.325 e. The van der Waals surface area contributed by atoms with Gasteiger partial charge in [0.15, 0.2) is 0 Å². The van der Waals surface area contributed by atoms with Gasteiger partial charge in [0.25, 0.3) is 0 Å². The van der Waals surface area contributed by atoms with Crippen LogP contribution < -0.4 is 9.47 Å². The fourth-order valence-electron chi connectivity index (χ4n) is 2.31. The van der Waals surface area contributed by atoms with Gasteiger partial charge in [-0.25, -0.2) is 0 Å². The molecule has 7 heteroatoms. The Morgan fingerprint density at radius 3 is 2.04 bits per heavy atom. The Balaban J connectivity index is 3.12. The van der Waals surface area contributed by atoms with Gasteiger partial charge in [-0.15, -0.1) is 0 Å². The van der Waals surface area contributed by atoms with Gasteiger partial charge in [0.05, 0.1) is 19.8 Å². The number of rotatable bonds is 8. The van der Waals surface area contributed by atoms with Gasteiger partial charge >= 0.3 is 5.97 Å². The summed E-state index contributed by atoms with van der Waals surface area (Å²) < 4.78 is 10.6. The monoisotopic (exact) mass is 324 g/mol. The molecule has 1 atom stereocenters. The van der Waals surface area contributed by atoms with E-state index in [1.54, 1.807) is 44.2 Å². The van der Waals surface area contributed by atoms with E-state index < -0.39 is 12.0 Å². The average Bonchev–Trinajstić information content (AvgIpc) is 2.52. The highest BCUT2D eigenvalue weighted by atomic mass is 16.5. The van der Waals surface area contributed by atoms with Crippen LogP contribution >= 0.6 is 0 Å². The third-order valence-corrected chi connectivity index (χ3v) is 3.59. The highest BCUT2D eigenvalue weighted by molar-refractivity contribution is 5.79. The van der Waals surface area contributed by atoms with Crippen molar-refractivity contribution in [3.8, 4) is 11.5 Å². The van der Waals surface area contributed by atoms with E-state index in [4.69, 9.17) is 9.47 Å². The summed E-state index contributed by atoms with van der Waals surface area (Å²) in [5.74, 6) is -0.231. The first-order valence-corrected chi connectivity index (χ1v) is 7.17. The molecule has 0 aliphatic heterocycles. The molecule has 0 saturated heterocycles. The number of carbonyl (C=O) groups excluding carboxylic acids is 1. The van der Waals surface area contributed by atoms with Gasteiger partial charge in [0.1, 0.15) is 17.5 Å². The predicted octanol–water partition coefficient (Wildman–Crippen LogP) is 1.24. The van der Waals surface area contributed by atoms with E-state index >= 15 is 0 Å². The topological polar surface area (TPSA) is 79.3 Å². The van der Waals surface area contributed by atoms with Crippen molar-refractivity contribution in [1.82, 2.24) is 9.80 Å². The second kappa shape index (κ2) is 8.38. The molecule has 128 valence electrons. The Kier molecular flexibility index (Phi) is 6.84. The lowest BCUT2D eigenvalue weighted by Crippen LogP contribution is -2.34. The number of carboxylic acid groups (broad SMARTS) is 1. The van der Waals surface area contributed by atoms with Gasteiger partial charge in [-0.1, -0.05) is 6.07 Å². The van der Waals surface area contributed by atoms with Crippen molar-refractivity contribution in [1.29, 1.82) is 0 Å². The van der Waals surface area contributed by atoms with E-state index in [1.165, 1.54) is 19.1 Å². The van der Waals surface area contributed by atoms with Gasteiger partial charge in [0.2, 0.25) is 5.91 Å². The van der Waals surface area contributed by atoms with Crippen molar-refractivity contribution >= 4 is 11.9 Å². The summed E-state index contributed by atoms with van der Waals surface area (Å²) in [5.41, 5.74) is 0.435. The van der Waals surface area contributed by atoms with Crippen molar-refractivity contribution in [2.24, 2.45) is 0 Å². The zero-order valence-corrected chi connectivity index (χ0v) is 14.2. The van der Waals surface area contributed by atoms with Crippen LogP contribution in [0.1, 0.15) is 18.0 Å². The lowest BCUT2D eigenvalue weighted by molar-refractivity contribution is -0.143. The van der Waals surface area contributed by atoms with E-state index in [1.807, 2.05) is 0 Å². The molecule has 0 spiro atoms. The number of nitrogens with zero attached hydrogens (tertiary/aromatic N) is 2. The van der Waals surface area contributed by atoms with E-state index in [9.17, 15) is 14.7 Å². The fourth-order valence-corrected chi connectivity index (χ4v) is 2.31. The van der Waals surface area contributed by atoms with E-state index in [2.05, 4.69) is 0 Å². The second-order valence-corrected chi connectivity index (χ2v) is 5.34. The molecular weight excluding hydrogens is 300 g/mol. The van der Waals surface area contributed by atoms with Crippen molar-refractivity contribution in [3.63, 3.8) is 0 Å². The Labute approximate surface area is 136 Å². The molecule has 0 radical (unpaired) electrons. The number of amides is 1. The van der Waals surface area contributed by atoms with Crippen LogP contribution in [0.3, 0.4) is 0 Å². The molecule has 0 aliphatic rings. The highest BCUT2D eigenvalue weighted by Crippen LogP contribution is 2.36. The third kappa shape index (κ3) is 4.59. The summed E-state index contributed by atoms with van der Waals surface area (Å²) in [5, 5.41) is 9.66. The first-order valence-electron chi connectivity index (χ1n) is 7.17. The zero-order valence-electron chi connectivity index (χ0n) is 14.2. The first-order chi connectivity index (χ1) is 10.8. The molecule has 1 N–H and O–H groups in total. The molecule has 23 heavy (non-hydrogen) atoms. The quantitative estimate of drug-likeness (QED) is 0.775. The van der Waals surface area contributed by atoms with E-state index in [0.717, 1.165) is 0 Å². The minimum absolute atomic E-state index is 0.0621. The summed E-state index contributed by atoms with van der Waals surface area (Å²) in [4.78, 5) is 26.6. The average molecular weight is 324 g/mol. The number of likely N-dealkylation sites (N-methyl/N-ethyl adjacent to an activating group) is 1. The summed E-state index contributed by atoms with van der Waals surface area (Å²) in [6.45, 7) is 0.301. The summed E-state index contributed by atoms with van der Waals surface area (Å²) in [7, 11) is 7.95. The van der Waals surface area contributed by atoms with Crippen LogP contribution in [0.5, 0.6) is 11.5 Å². The van der Waals surface area contributed by atoms with E-state index in [-0.39, 0.29) is 12.3 Å². The Bertz CT molecular complexity index is 537.